The van der Waals surface area contributed by atoms with Gasteiger partial charge in [-0.2, -0.15) is 0 Å². The van der Waals surface area contributed by atoms with Crippen molar-refractivity contribution < 1.29 is 0 Å². The Balaban J connectivity index is 1.05. The Morgan fingerprint density at radius 2 is 0.518 bits per heavy atom. The first-order chi connectivity index (χ1) is 27.8. The minimum Gasteiger partial charge on any atom is -0.311 e. The molecule has 9 rings (SSSR count). The molecule has 0 spiro atoms. The Hall–Kier alpha value is -7.42. The SMILES string of the molecule is c1ccc(-c2ccc(N(c3ccccc3)c3ccc(-c4cccc(-c5ccccc5N(c5ccccc5)c5ccc(-c6ccccc6)cc5)c4)cc3)cc2)cc1. The second-order valence-electron chi connectivity index (χ2n) is 13.8. The van der Waals surface area contributed by atoms with Crippen molar-refractivity contribution in [3.63, 3.8) is 0 Å². The molecule has 0 bridgehead atoms. The minimum absolute atomic E-state index is 1.10. The van der Waals surface area contributed by atoms with Gasteiger partial charge in [-0.3, -0.25) is 0 Å². The van der Waals surface area contributed by atoms with Gasteiger partial charge in [-0.25, -0.2) is 0 Å². The summed E-state index contributed by atoms with van der Waals surface area (Å²) in [5, 5.41) is 0. The molecule has 0 saturated carbocycles. The van der Waals surface area contributed by atoms with Crippen LogP contribution >= 0.6 is 0 Å². The lowest BCUT2D eigenvalue weighted by Gasteiger charge is -2.28. The van der Waals surface area contributed by atoms with Crippen LogP contribution in [0.1, 0.15) is 0 Å². The van der Waals surface area contributed by atoms with Crippen molar-refractivity contribution in [2.45, 2.75) is 0 Å². The molecule has 9 aromatic carbocycles. The molecule has 0 aliphatic heterocycles. The lowest BCUT2D eigenvalue weighted by atomic mass is 9.97. The van der Waals surface area contributed by atoms with Crippen molar-refractivity contribution in [1.29, 1.82) is 0 Å². The van der Waals surface area contributed by atoms with Gasteiger partial charge in [0.05, 0.1) is 5.69 Å². The molecule has 0 aliphatic carbocycles. The third kappa shape index (κ3) is 7.24. The van der Waals surface area contributed by atoms with Gasteiger partial charge >= 0.3 is 0 Å². The third-order valence-corrected chi connectivity index (χ3v) is 10.3. The summed E-state index contributed by atoms with van der Waals surface area (Å²) in [7, 11) is 0. The maximum absolute atomic E-state index is 2.36. The maximum atomic E-state index is 2.36. The van der Waals surface area contributed by atoms with Gasteiger partial charge in [0.1, 0.15) is 0 Å². The average molecular weight is 717 g/mol. The summed E-state index contributed by atoms with van der Waals surface area (Å²) in [5.74, 6) is 0. The number of para-hydroxylation sites is 3. The van der Waals surface area contributed by atoms with E-state index in [0.717, 1.165) is 50.8 Å². The van der Waals surface area contributed by atoms with E-state index >= 15 is 0 Å². The van der Waals surface area contributed by atoms with E-state index in [4.69, 9.17) is 0 Å². The van der Waals surface area contributed by atoms with Gasteiger partial charge in [-0.15, -0.1) is 0 Å². The zero-order valence-electron chi connectivity index (χ0n) is 31.0. The highest BCUT2D eigenvalue weighted by Gasteiger charge is 2.18. The Bertz CT molecular complexity index is 2640. The quantitative estimate of drug-likeness (QED) is 0.139. The van der Waals surface area contributed by atoms with E-state index < -0.39 is 0 Å². The molecule has 0 radical (unpaired) electrons. The molecular formula is C54H40N2. The van der Waals surface area contributed by atoms with Gasteiger partial charge < -0.3 is 9.80 Å². The summed E-state index contributed by atoms with van der Waals surface area (Å²) < 4.78 is 0. The van der Waals surface area contributed by atoms with E-state index in [1.165, 1.54) is 27.8 Å². The molecule has 266 valence electrons. The number of rotatable bonds is 10. The standard InChI is InChI=1S/C54H40N2/c1-5-16-41(17-6-1)43-28-34-50(35-29-43)55(48-22-9-3-10-23-48)51-36-32-45(33-37-51)46-20-15-21-47(40-46)53-26-13-14-27-54(53)56(49-24-11-4-12-25-49)52-38-30-44(31-39-52)42-18-7-2-8-19-42/h1-40H. The van der Waals surface area contributed by atoms with Crippen LogP contribution in [0.4, 0.5) is 34.1 Å². The Kier molecular flexibility index (Phi) is 9.75. The highest BCUT2D eigenvalue weighted by Crippen LogP contribution is 2.42. The molecule has 0 aliphatic rings. The van der Waals surface area contributed by atoms with Crippen molar-refractivity contribution in [3.8, 4) is 44.5 Å². The average Bonchev–Trinajstić information content (AvgIpc) is 3.29. The van der Waals surface area contributed by atoms with Gasteiger partial charge in [0.25, 0.3) is 0 Å². The van der Waals surface area contributed by atoms with E-state index in [1.807, 2.05) is 0 Å². The van der Waals surface area contributed by atoms with Crippen LogP contribution in [0.25, 0.3) is 44.5 Å². The molecule has 0 heterocycles. The molecule has 0 amide bonds. The highest BCUT2D eigenvalue weighted by molar-refractivity contribution is 5.90. The fourth-order valence-electron chi connectivity index (χ4n) is 7.48. The highest BCUT2D eigenvalue weighted by atomic mass is 15.1. The predicted molar refractivity (Wildman–Crippen MR) is 238 cm³/mol. The molecule has 0 unspecified atom stereocenters. The Morgan fingerprint density at radius 1 is 0.196 bits per heavy atom. The van der Waals surface area contributed by atoms with Crippen LogP contribution in [0.2, 0.25) is 0 Å². The number of benzene rings is 9. The smallest absolute Gasteiger partial charge is 0.0540 e. The summed E-state index contributed by atoms with van der Waals surface area (Å²) in [5.41, 5.74) is 16.1. The first-order valence-corrected chi connectivity index (χ1v) is 19.1. The first kappa shape index (κ1) is 34.4. The van der Waals surface area contributed by atoms with E-state index in [-0.39, 0.29) is 0 Å². The van der Waals surface area contributed by atoms with Gasteiger partial charge in [0.15, 0.2) is 0 Å². The molecule has 2 nitrogen and oxygen atoms in total. The first-order valence-electron chi connectivity index (χ1n) is 19.1. The molecule has 56 heavy (non-hydrogen) atoms. The second-order valence-corrected chi connectivity index (χ2v) is 13.8. The van der Waals surface area contributed by atoms with Gasteiger partial charge in [-0.05, 0) is 112 Å². The van der Waals surface area contributed by atoms with E-state index in [2.05, 4.69) is 252 Å². The topological polar surface area (TPSA) is 6.48 Å². The molecule has 0 aromatic heterocycles. The van der Waals surface area contributed by atoms with E-state index in [1.54, 1.807) is 0 Å². The zero-order valence-corrected chi connectivity index (χ0v) is 31.0. The van der Waals surface area contributed by atoms with E-state index in [0.29, 0.717) is 0 Å². The van der Waals surface area contributed by atoms with Crippen molar-refractivity contribution >= 4 is 34.1 Å². The van der Waals surface area contributed by atoms with Gasteiger partial charge in [-0.1, -0.05) is 170 Å². The van der Waals surface area contributed by atoms with Crippen LogP contribution in [-0.2, 0) is 0 Å². The molecule has 0 atom stereocenters. The molecule has 0 N–H and O–H groups in total. The fourth-order valence-corrected chi connectivity index (χ4v) is 7.48. The molecule has 2 heteroatoms. The van der Waals surface area contributed by atoms with Crippen LogP contribution < -0.4 is 9.80 Å². The summed E-state index contributed by atoms with van der Waals surface area (Å²) >= 11 is 0. The van der Waals surface area contributed by atoms with Crippen molar-refractivity contribution in [3.05, 3.63) is 243 Å². The van der Waals surface area contributed by atoms with Crippen LogP contribution in [0.15, 0.2) is 243 Å². The molecule has 0 fully saturated rings. The second kappa shape index (κ2) is 15.9. The van der Waals surface area contributed by atoms with E-state index in [9.17, 15) is 0 Å². The lowest BCUT2D eigenvalue weighted by Crippen LogP contribution is -2.11. The molecule has 9 aromatic rings. The summed E-state index contributed by atoms with van der Waals surface area (Å²) in [6.45, 7) is 0. The van der Waals surface area contributed by atoms with Crippen LogP contribution in [-0.4, -0.2) is 0 Å². The number of anilines is 6. The van der Waals surface area contributed by atoms with Gasteiger partial charge in [0.2, 0.25) is 0 Å². The summed E-state index contributed by atoms with van der Waals surface area (Å²) in [6.07, 6.45) is 0. The predicted octanol–water partition coefficient (Wildman–Crippen LogP) is 15.3. The van der Waals surface area contributed by atoms with Crippen LogP contribution in [0, 0.1) is 0 Å². The number of hydrogen-bond acceptors (Lipinski definition) is 2. The molecular weight excluding hydrogens is 677 g/mol. The van der Waals surface area contributed by atoms with Crippen molar-refractivity contribution in [1.82, 2.24) is 0 Å². The number of hydrogen-bond donors (Lipinski definition) is 0. The number of nitrogens with zero attached hydrogens (tertiary/aromatic N) is 2. The zero-order chi connectivity index (χ0) is 37.5. The Labute approximate surface area is 329 Å². The monoisotopic (exact) mass is 716 g/mol. The Morgan fingerprint density at radius 3 is 1.02 bits per heavy atom. The van der Waals surface area contributed by atoms with Crippen molar-refractivity contribution in [2.24, 2.45) is 0 Å². The minimum atomic E-state index is 1.10. The largest absolute Gasteiger partial charge is 0.311 e. The molecule has 0 saturated heterocycles. The lowest BCUT2D eigenvalue weighted by molar-refractivity contribution is 1.28. The maximum Gasteiger partial charge on any atom is 0.0540 e. The normalized spacial score (nSPS) is 10.9. The van der Waals surface area contributed by atoms with Crippen LogP contribution in [0.5, 0.6) is 0 Å². The fraction of sp³-hybridized carbons (Fsp3) is 0. The van der Waals surface area contributed by atoms with Crippen LogP contribution in [0.3, 0.4) is 0 Å². The van der Waals surface area contributed by atoms with Crippen molar-refractivity contribution in [2.75, 3.05) is 9.80 Å². The summed E-state index contributed by atoms with van der Waals surface area (Å²) in [6, 6.07) is 86.5. The van der Waals surface area contributed by atoms with Gasteiger partial charge in [0, 0.05) is 34.0 Å². The third-order valence-electron chi connectivity index (χ3n) is 10.3. The summed E-state index contributed by atoms with van der Waals surface area (Å²) in [4.78, 5) is 4.67.